The maximum atomic E-state index is 11.9. The van der Waals surface area contributed by atoms with E-state index in [1.165, 1.54) is 13.2 Å². The molecule has 1 aromatic carbocycles. The highest BCUT2D eigenvalue weighted by molar-refractivity contribution is 6.52. The number of ether oxygens (including phenoxy) is 2. The van der Waals surface area contributed by atoms with Crippen LogP contribution in [0.5, 0.6) is 11.5 Å². The van der Waals surface area contributed by atoms with Crippen molar-refractivity contribution in [3.63, 3.8) is 0 Å². The summed E-state index contributed by atoms with van der Waals surface area (Å²) < 4.78 is 9.34. The molecule has 1 aliphatic rings. The Morgan fingerprint density at radius 3 is 2.62 bits per heavy atom. The predicted molar refractivity (Wildman–Crippen MR) is 78.9 cm³/mol. The number of nitrogens with two attached hydrogens (primary N) is 1. The van der Waals surface area contributed by atoms with E-state index in [9.17, 15) is 9.59 Å². The molecule has 1 saturated carbocycles. The third kappa shape index (κ3) is 3.92. The summed E-state index contributed by atoms with van der Waals surface area (Å²) in [7, 11) is 1.46. The summed E-state index contributed by atoms with van der Waals surface area (Å²) in [6.45, 7) is -0.289. The minimum absolute atomic E-state index is 0.272. The first-order chi connectivity index (χ1) is 9.83. The quantitative estimate of drug-likeness (QED) is 0.775. The molecule has 0 spiro atoms. The molecule has 114 valence electrons. The monoisotopic (exact) mass is 332 g/mol. The van der Waals surface area contributed by atoms with E-state index >= 15 is 0 Å². The van der Waals surface area contributed by atoms with Crippen molar-refractivity contribution in [2.75, 3.05) is 19.0 Å². The SMILES string of the molecule is COc1ccc(NC(=O)C2CC2(Cl)Cl)cc1OCC(N)=O. The van der Waals surface area contributed by atoms with Crippen molar-refractivity contribution >= 4 is 40.7 Å². The zero-order valence-corrected chi connectivity index (χ0v) is 12.7. The topological polar surface area (TPSA) is 90.7 Å². The largest absolute Gasteiger partial charge is 0.493 e. The van der Waals surface area contributed by atoms with Gasteiger partial charge in [0.15, 0.2) is 18.1 Å². The number of carbonyl (C=O) groups excluding carboxylic acids is 2. The number of methoxy groups -OCH3 is 1. The highest BCUT2D eigenvalue weighted by Gasteiger charge is 2.56. The maximum Gasteiger partial charge on any atom is 0.255 e. The molecule has 8 heteroatoms. The van der Waals surface area contributed by atoms with Gasteiger partial charge in [-0.2, -0.15) is 0 Å². The fraction of sp³-hybridized carbons (Fsp3) is 0.385. The summed E-state index contributed by atoms with van der Waals surface area (Å²) in [5.41, 5.74) is 5.51. The Bertz CT molecular complexity index is 577. The molecule has 1 unspecified atom stereocenters. The first-order valence-electron chi connectivity index (χ1n) is 6.11. The number of alkyl halides is 2. The molecular weight excluding hydrogens is 319 g/mol. The van der Waals surface area contributed by atoms with Gasteiger partial charge in [-0.15, -0.1) is 23.2 Å². The third-order valence-electron chi connectivity index (χ3n) is 2.94. The number of primary amides is 1. The molecule has 1 atom stereocenters. The molecule has 3 N–H and O–H groups in total. The molecular formula is C13H14Cl2N2O4. The van der Waals surface area contributed by atoms with E-state index in [0.29, 0.717) is 23.6 Å². The van der Waals surface area contributed by atoms with E-state index in [-0.39, 0.29) is 12.5 Å². The second kappa shape index (κ2) is 5.99. The molecule has 1 fully saturated rings. The summed E-state index contributed by atoms with van der Waals surface area (Å²) in [5, 5.41) is 2.68. The molecule has 0 bridgehead atoms. The summed E-state index contributed by atoms with van der Waals surface area (Å²) >= 11 is 11.7. The lowest BCUT2D eigenvalue weighted by Crippen LogP contribution is -2.20. The smallest absolute Gasteiger partial charge is 0.255 e. The van der Waals surface area contributed by atoms with Crippen molar-refractivity contribution in [3.05, 3.63) is 18.2 Å². The lowest BCUT2D eigenvalue weighted by molar-refractivity contribution is -0.120. The minimum Gasteiger partial charge on any atom is -0.493 e. The van der Waals surface area contributed by atoms with E-state index in [4.69, 9.17) is 38.4 Å². The van der Waals surface area contributed by atoms with Crippen LogP contribution in [-0.4, -0.2) is 29.9 Å². The summed E-state index contributed by atoms with van der Waals surface area (Å²) in [6.07, 6.45) is 0.420. The van der Waals surface area contributed by atoms with Crippen molar-refractivity contribution in [1.82, 2.24) is 0 Å². The van der Waals surface area contributed by atoms with E-state index in [0.717, 1.165) is 0 Å². The Hall–Kier alpha value is -1.66. The van der Waals surface area contributed by atoms with Gasteiger partial charge in [0.1, 0.15) is 4.33 Å². The first-order valence-corrected chi connectivity index (χ1v) is 6.87. The number of hydrogen-bond acceptors (Lipinski definition) is 4. The van der Waals surface area contributed by atoms with Crippen LogP contribution in [0.1, 0.15) is 6.42 Å². The van der Waals surface area contributed by atoms with Crippen LogP contribution in [0.25, 0.3) is 0 Å². The average molecular weight is 333 g/mol. The second-order valence-electron chi connectivity index (χ2n) is 4.63. The molecule has 1 aromatic rings. The van der Waals surface area contributed by atoms with Gasteiger partial charge in [-0.05, 0) is 18.6 Å². The van der Waals surface area contributed by atoms with E-state index in [2.05, 4.69) is 5.32 Å². The van der Waals surface area contributed by atoms with Crippen LogP contribution in [0.15, 0.2) is 18.2 Å². The van der Waals surface area contributed by atoms with Crippen LogP contribution < -0.4 is 20.5 Å². The average Bonchev–Trinajstić information content (AvgIpc) is 3.06. The van der Waals surface area contributed by atoms with E-state index in [1.54, 1.807) is 12.1 Å². The highest BCUT2D eigenvalue weighted by Crippen LogP contribution is 2.53. The number of carbonyl (C=O) groups is 2. The molecule has 0 aliphatic heterocycles. The van der Waals surface area contributed by atoms with Crippen molar-refractivity contribution in [1.29, 1.82) is 0 Å². The van der Waals surface area contributed by atoms with Crippen LogP contribution in [0.4, 0.5) is 5.69 Å². The lowest BCUT2D eigenvalue weighted by atomic mass is 10.2. The molecule has 0 radical (unpaired) electrons. The van der Waals surface area contributed by atoms with Crippen LogP contribution in [0, 0.1) is 5.92 Å². The Labute approximate surface area is 131 Å². The van der Waals surface area contributed by atoms with Crippen molar-refractivity contribution < 1.29 is 19.1 Å². The van der Waals surface area contributed by atoms with Gasteiger partial charge < -0.3 is 20.5 Å². The zero-order chi connectivity index (χ0) is 15.6. The second-order valence-corrected chi connectivity index (χ2v) is 6.17. The van der Waals surface area contributed by atoms with Gasteiger partial charge in [0, 0.05) is 11.8 Å². The van der Waals surface area contributed by atoms with Gasteiger partial charge >= 0.3 is 0 Å². The number of hydrogen-bond donors (Lipinski definition) is 2. The molecule has 1 aliphatic carbocycles. The summed E-state index contributed by atoms with van der Waals surface area (Å²) in [6, 6.07) is 4.78. The lowest BCUT2D eigenvalue weighted by Gasteiger charge is -2.12. The highest BCUT2D eigenvalue weighted by atomic mass is 35.5. The van der Waals surface area contributed by atoms with Gasteiger partial charge in [-0.3, -0.25) is 9.59 Å². The molecule has 21 heavy (non-hydrogen) atoms. The fourth-order valence-corrected chi connectivity index (χ4v) is 2.25. The number of anilines is 1. The Kier molecular flexibility index (Phi) is 4.49. The number of nitrogens with one attached hydrogen (secondary N) is 1. The van der Waals surface area contributed by atoms with Gasteiger partial charge in [-0.1, -0.05) is 0 Å². The van der Waals surface area contributed by atoms with Crippen molar-refractivity contribution in [2.24, 2.45) is 11.7 Å². The minimum atomic E-state index is -0.984. The van der Waals surface area contributed by atoms with Crippen LogP contribution >= 0.6 is 23.2 Å². The van der Waals surface area contributed by atoms with E-state index in [1.807, 2.05) is 0 Å². The standard InChI is InChI=1S/C13H14Cl2N2O4/c1-20-9-3-2-7(4-10(9)21-6-11(16)18)17-12(19)8-5-13(8,14)15/h2-4,8H,5-6H2,1H3,(H2,16,18)(H,17,19). The van der Waals surface area contributed by atoms with Gasteiger partial charge in [0.2, 0.25) is 5.91 Å². The number of halogens is 2. The number of benzene rings is 1. The normalized spacial score (nSPS) is 18.7. The van der Waals surface area contributed by atoms with E-state index < -0.39 is 16.2 Å². The van der Waals surface area contributed by atoms with Crippen LogP contribution in [-0.2, 0) is 9.59 Å². The van der Waals surface area contributed by atoms with Crippen LogP contribution in [0.2, 0.25) is 0 Å². The molecule has 0 heterocycles. The molecule has 0 aromatic heterocycles. The first kappa shape index (κ1) is 15.7. The summed E-state index contributed by atoms with van der Waals surface area (Å²) in [5.74, 6) is -0.597. The van der Waals surface area contributed by atoms with Crippen molar-refractivity contribution in [3.8, 4) is 11.5 Å². The summed E-state index contributed by atoms with van der Waals surface area (Å²) in [4.78, 5) is 22.7. The molecule has 2 amide bonds. The van der Waals surface area contributed by atoms with Gasteiger partial charge in [0.05, 0.1) is 13.0 Å². The Balaban J connectivity index is 2.08. The molecule has 2 rings (SSSR count). The number of rotatable bonds is 6. The van der Waals surface area contributed by atoms with Gasteiger partial charge in [-0.25, -0.2) is 0 Å². The number of amides is 2. The molecule has 0 saturated heterocycles. The Morgan fingerprint density at radius 2 is 2.10 bits per heavy atom. The third-order valence-corrected chi connectivity index (χ3v) is 3.78. The van der Waals surface area contributed by atoms with Crippen molar-refractivity contribution in [2.45, 2.75) is 10.8 Å². The Morgan fingerprint density at radius 1 is 1.43 bits per heavy atom. The van der Waals surface area contributed by atoms with Crippen LogP contribution in [0.3, 0.4) is 0 Å². The fourth-order valence-electron chi connectivity index (χ4n) is 1.74. The molecule has 6 nitrogen and oxygen atoms in total. The maximum absolute atomic E-state index is 11.9. The zero-order valence-electron chi connectivity index (χ0n) is 11.2. The predicted octanol–water partition coefficient (Wildman–Crippen LogP) is 1.69. The van der Waals surface area contributed by atoms with Gasteiger partial charge in [0.25, 0.3) is 5.91 Å².